The quantitative estimate of drug-likeness (QED) is 0.782. The van der Waals surface area contributed by atoms with Gasteiger partial charge in [-0.2, -0.15) is 0 Å². The summed E-state index contributed by atoms with van der Waals surface area (Å²) in [6.07, 6.45) is 1.04. The van der Waals surface area contributed by atoms with E-state index in [1.54, 1.807) is 19.1 Å². The fraction of sp³-hybridized carbons (Fsp3) is 0.600. The van der Waals surface area contributed by atoms with Gasteiger partial charge in [-0.3, -0.25) is 0 Å². The van der Waals surface area contributed by atoms with E-state index in [0.29, 0.717) is 11.5 Å². The summed E-state index contributed by atoms with van der Waals surface area (Å²) in [6.45, 7) is 5.28. The lowest BCUT2D eigenvalue weighted by Gasteiger charge is -2.35. The lowest BCUT2D eigenvalue weighted by molar-refractivity contribution is 0.110. The molecule has 0 amide bonds. The minimum Gasteiger partial charge on any atom is -0.507 e. The highest BCUT2D eigenvalue weighted by atomic mass is 16.3. The van der Waals surface area contributed by atoms with Crippen molar-refractivity contribution in [3.63, 3.8) is 0 Å². The van der Waals surface area contributed by atoms with Crippen molar-refractivity contribution in [2.24, 2.45) is 5.92 Å². The highest BCUT2D eigenvalue weighted by Gasteiger charge is 2.23. The summed E-state index contributed by atoms with van der Waals surface area (Å²) < 4.78 is 0. The largest absolute Gasteiger partial charge is 0.507 e. The molecule has 2 unspecified atom stereocenters. The molecule has 1 heterocycles. The Bertz CT molecular complexity index is 423. The van der Waals surface area contributed by atoms with Crippen molar-refractivity contribution < 1.29 is 15.3 Å². The van der Waals surface area contributed by atoms with E-state index in [1.165, 1.54) is 0 Å². The van der Waals surface area contributed by atoms with E-state index in [1.807, 2.05) is 13.0 Å². The first-order valence-corrected chi connectivity index (χ1v) is 6.93. The molecule has 1 fully saturated rings. The second kappa shape index (κ2) is 5.80. The summed E-state index contributed by atoms with van der Waals surface area (Å²) in [6, 6.07) is 5.42. The first kappa shape index (κ1) is 14.2. The summed E-state index contributed by atoms with van der Waals surface area (Å²) in [5.74, 6) is 0.520. The summed E-state index contributed by atoms with van der Waals surface area (Å²) in [5.41, 5.74) is 1.54. The molecule has 1 saturated heterocycles. The number of hydrogen-bond donors (Lipinski definition) is 3. The van der Waals surface area contributed by atoms with E-state index in [2.05, 4.69) is 4.90 Å². The second-order valence-corrected chi connectivity index (χ2v) is 5.48. The van der Waals surface area contributed by atoms with Gasteiger partial charge in [-0.25, -0.2) is 0 Å². The average Bonchev–Trinajstić information content (AvgIpc) is 2.38. The number of phenols is 1. The van der Waals surface area contributed by atoms with Gasteiger partial charge in [0.05, 0.1) is 12.2 Å². The van der Waals surface area contributed by atoms with Gasteiger partial charge in [0, 0.05) is 30.4 Å². The fourth-order valence-corrected chi connectivity index (χ4v) is 2.72. The standard InChI is InChI=1S/C15H23NO3/c1-10(17)12-5-7-16(8-6-12)13-3-4-14(11(2)18)15(19)9-13/h3-4,9-12,17-19H,5-8H2,1-2H3. The van der Waals surface area contributed by atoms with Gasteiger partial charge in [0.25, 0.3) is 0 Å². The van der Waals surface area contributed by atoms with Gasteiger partial charge in [-0.05, 0) is 38.7 Å². The van der Waals surface area contributed by atoms with Gasteiger partial charge in [-0.1, -0.05) is 6.07 Å². The lowest BCUT2D eigenvalue weighted by Crippen LogP contribution is -2.37. The number of nitrogens with zero attached hydrogens (tertiary/aromatic N) is 1. The fourth-order valence-electron chi connectivity index (χ4n) is 2.72. The Hall–Kier alpha value is -1.26. The lowest BCUT2D eigenvalue weighted by atomic mass is 9.92. The minimum absolute atomic E-state index is 0.144. The average molecular weight is 265 g/mol. The molecular weight excluding hydrogens is 242 g/mol. The van der Waals surface area contributed by atoms with E-state index in [9.17, 15) is 15.3 Å². The van der Waals surface area contributed by atoms with Crippen LogP contribution in [0.15, 0.2) is 18.2 Å². The zero-order valence-electron chi connectivity index (χ0n) is 11.6. The maximum absolute atomic E-state index is 9.91. The van der Waals surface area contributed by atoms with Gasteiger partial charge >= 0.3 is 0 Å². The third kappa shape index (κ3) is 3.19. The number of piperidine rings is 1. The van der Waals surface area contributed by atoms with Crippen LogP contribution < -0.4 is 4.90 Å². The van der Waals surface area contributed by atoms with Crippen LogP contribution in [0.2, 0.25) is 0 Å². The molecule has 4 heteroatoms. The second-order valence-electron chi connectivity index (χ2n) is 5.48. The molecule has 2 rings (SSSR count). The normalized spacial score (nSPS) is 20.3. The van der Waals surface area contributed by atoms with Crippen molar-refractivity contribution in [2.45, 2.75) is 38.9 Å². The predicted octanol–water partition coefficient (Wildman–Crippen LogP) is 2.04. The van der Waals surface area contributed by atoms with E-state index >= 15 is 0 Å². The summed E-state index contributed by atoms with van der Waals surface area (Å²) in [5, 5.41) is 29.0. The molecule has 4 nitrogen and oxygen atoms in total. The van der Waals surface area contributed by atoms with Crippen LogP contribution in [0.5, 0.6) is 5.75 Å². The molecule has 0 aromatic heterocycles. The number of aliphatic hydroxyl groups excluding tert-OH is 2. The minimum atomic E-state index is -0.657. The summed E-state index contributed by atoms with van der Waals surface area (Å²) in [4.78, 5) is 2.21. The molecule has 2 atom stereocenters. The van der Waals surface area contributed by atoms with Crippen LogP contribution in [-0.4, -0.2) is 34.5 Å². The van der Waals surface area contributed by atoms with Crippen molar-refractivity contribution in [1.29, 1.82) is 0 Å². The third-order valence-corrected chi connectivity index (χ3v) is 4.05. The predicted molar refractivity (Wildman–Crippen MR) is 75.4 cm³/mol. The number of anilines is 1. The van der Waals surface area contributed by atoms with E-state index < -0.39 is 6.10 Å². The van der Waals surface area contributed by atoms with Crippen LogP contribution in [-0.2, 0) is 0 Å². The van der Waals surface area contributed by atoms with Crippen molar-refractivity contribution in [2.75, 3.05) is 18.0 Å². The first-order chi connectivity index (χ1) is 8.99. The van der Waals surface area contributed by atoms with Crippen LogP contribution in [0.4, 0.5) is 5.69 Å². The number of rotatable bonds is 3. The Morgan fingerprint density at radius 2 is 1.79 bits per heavy atom. The van der Waals surface area contributed by atoms with E-state index in [4.69, 9.17) is 0 Å². The number of hydrogen-bond acceptors (Lipinski definition) is 4. The Morgan fingerprint density at radius 3 is 2.26 bits per heavy atom. The summed E-state index contributed by atoms with van der Waals surface area (Å²) in [7, 11) is 0. The third-order valence-electron chi connectivity index (χ3n) is 4.05. The molecule has 0 spiro atoms. The highest BCUT2D eigenvalue weighted by molar-refractivity contribution is 5.54. The molecule has 1 aromatic rings. The molecule has 1 aliphatic heterocycles. The maximum Gasteiger partial charge on any atom is 0.123 e. The van der Waals surface area contributed by atoms with E-state index in [0.717, 1.165) is 31.6 Å². The zero-order valence-corrected chi connectivity index (χ0v) is 11.6. The molecule has 19 heavy (non-hydrogen) atoms. The zero-order chi connectivity index (χ0) is 14.0. The van der Waals surface area contributed by atoms with Crippen LogP contribution in [0.1, 0.15) is 38.4 Å². The Kier molecular flexibility index (Phi) is 4.32. The molecule has 0 saturated carbocycles. The SMILES string of the molecule is CC(O)c1ccc(N2CCC(C(C)O)CC2)cc1O. The number of phenolic OH excluding ortho intramolecular Hbond substituents is 1. The number of aliphatic hydroxyl groups is 2. The maximum atomic E-state index is 9.91. The Morgan fingerprint density at radius 1 is 1.16 bits per heavy atom. The molecule has 0 aliphatic carbocycles. The van der Waals surface area contributed by atoms with Gasteiger partial charge < -0.3 is 20.2 Å². The van der Waals surface area contributed by atoms with E-state index in [-0.39, 0.29) is 11.9 Å². The van der Waals surface area contributed by atoms with Crippen molar-refractivity contribution in [3.05, 3.63) is 23.8 Å². The van der Waals surface area contributed by atoms with Crippen molar-refractivity contribution in [1.82, 2.24) is 0 Å². The van der Waals surface area contributed by atoms with Gasteiger partial charge in [-0.15, -0.1) is 0 Å². The number of aromatic hydroxyl groups is 1. The van der Waals surface area contributed by atoms with Crippen LogP contribution in [0.25, 0.3) is 0 Å². The molecule has 1 aliphatic rings. The van der Waals surface area contributed by atoms with Crippen LogP contribution in [0, 0.1) is 5.92 Å². The molecule has 1 aromatic carbocycles. The molecular formula is C15H23NO3. The first-order valence-electron chi connectivity index (χ1n) is 6.93. The molecule has 0 radical (unpaired) electrons. The van der Waals surface area contributed by atoms with Gasteiger partial charge in [0.15, 0.2) is 0 Å². The highest BCUT2D eigenvalue weighted by Crippen LogP contribution is 2.31. The molecule has 106 valence electrons. The Labute approximate surface area is 114 Å². The van der Waals surface area contributed by atoms with Crippen molar-refractivity contribution >= 4 is 5.69 Å². The van der Waals surface area contributed by atoms with Gasteiger partial charge in [0.2, 0.25) is 0 Å². The monoisotopic (exact) mass is 265 g/mol. The van der Waals surface area contributed by atoms with Crippen LogP contribution >= 0.6 is 0 Å². The van der Waals surface area contributed by atoms with Crippen molar-refractivity contribution in [3.8, 4) is 5.75 Å². The number of benzene rings is 1. The Balaban J connectivity index is 2.06. The molecule has 3 N–H and O–H groups in total. The van der Waals surface area contributed by atoms with Gasteiger partial charge in [0.1, 0.15) is 5.75 Å². The summed E-state index contributed by atoms with van der Waals surface area (Å²) >= 11 is 0. The smallest absolute Gasteiger partial charge is 0.123 e. The topological polar surface area (TPSA) is 63.9 Å². The molecule has 0 bridgehead atoms. The van der Waals surface area contributed by atoms with Crippen LogP contribution in [0.3, 0.4) is 0 Å².